The lowest BCUT2D eigenvalue weighted by molar-refractivity contribution is -0.146. The smallest absolute Gasteiger partial charge is 0.323 e. The van der Waals surface area contributed by atoms with E-state index in [1.807, 2.05) is 30.3 Å². The largest absolute Gasteiger partial charge is 0.460 e. The van der Waals surface area contributed by atoms with Gasteiger partial charge in [-0.2, -0.15) is 4.39 Å². The number of imide groups is 1. The quantitative estimate of drug-likeness (QED) is 0.0983. The Balaban J connectivity index is 0.00000420. The van der Waals surface area contributed by atoms with Gasteiger partial charge in [0.2, 0.25) is 5.91 Å². The number of hydrogen-bond acceptors (Lipinski definition) is 8. The number of halogens is 3. The molecule has 224 valence electrons. The number of carbonyl (C=O) groups excluding carboxylic acids is 4. The number of unbranched alkanes of at least 4 members (excludes halogenated alkanes) is 1. The van der Waals surface area contributed by atoms with Crippen LogP contribution in [-0.4, -0.2) is 66.3 Å². The second kappa shape index (κ2) is 18.1. The summed E-state index contributed by atoms with van der Waals surface area (Å²) in [6, 6.07) is 13.8. The molecule has 0 spiro atoms. The van der Waals surface area contributed by atoms with Crippen LogP contribution in [0.3, 0.4) is 0 Å². The third-order valence-corrected chi connectivity index (χ3v) is 6.32. The Morgan fingerprint density at radius 1 is 0.902 bits per heavy atom. The van der Waals surface area contributed by atoms with E-state index in [1.54, 1.807) is 24.3 Å². The summed E-state index contributed by atoms with van der Waals surface area (Å²) >= 11 is 0. The molecule has 41 heavy (non-hydrogen) atoms. The van der Waals surface area contributed by atoms with E-state index >= 15 is 0 Å². The normalized spacial score (nSPS) is 13.4. The molecule has 0 saturated carbocycles. The summed E-state index contributed by atoms with van der Waals surface area (Å²) in [7, 11) is 0. The Labute approximate surface area is 250 Å². The second-order valence-electron chi connectivity index (χ2n) is 9.25. The van der Waals surface area contributed by atoms with E-state index in [0.29, 0.717) is 25.8 Å². The minimum Gasteiger partial charge on any atom is -0.460 e. The fourth-order valence-corrected chi connectivity index (χ4v) is 4.26. The molecule has 5 N–H and O–H groups in total. The molecule has 0 fully saturated rings. The molecule has 2 unspecified atom stereocenters. The van der Waals surface area contributed by atoms with Crippen molar-refractivity contribution in [1.29, 1.82) is 5.41 Å². The molecule has 3 rings (SSSR count). The van der Waals surface area contributed by atoms with Gasteiger partial charge in [0.05, 0.1) is 17.7 Å². The molecule has 0 saturated heterocycles. The van der Waals surface area contributed by atoms with Crippen LogP contribution >= 0.6 is 24.8 Å². The SMILES string of the molecule is Cl.Cl.N=C(F)CNCCCCC(C(=O)NCCCC(N)C(=O)OCc1ccccc1)N1C(=O)c2ccccc2C1=O. The van der Waals surface area contributed by atoms with Crippen LogP contribution in [0.4, 0.5) is 4.39 Å². The summed E-state index contributed by atoms with van der Waals surface area (Å²) in [5.41, 5.74) is 7.30. The zero-order valence-corrected chi connectivity index (χ0v) is 24.1. The molecule has 1 aliphatic rings. The Kier molecular flexibility index (Phi) is 15.8. The summed E-state index contributed by atoms with van der Waals surface area (Å²) in [4.78, 5) is 52.3. The van der Waals surface area contributed by atoms with Gasteiger partial charge >= 0.3 is 5.97 Å². The minimum atomic E-state index is -1.03. The van der Waals surface area contributed by atoms with Gasteiger partial charge in [0.1, 0.15) is 18.7 Å². The second-order valence-corrected chi connectivity index (χ2v) is 9.25. The minimum absolute atomic E-state index is 0. The van der Waals surface area contributed by atoms with E-state index in [4.69, 9.17) is 15.9 Å². The number of carbonyl (C=O) groups is 4. The number of esters is 1. The average molecular weight is 613 g/mol. The van der Waals surface area contributed by atoms with Crippen molar-refractivity contribution in [2.75, 3.05) is 19.6 Å². The first-order valence-electron chi connectivity index (χ1n) is 12.9. The van der Waals surface area contributed by atoms with Crippen LogP contribution in [0, 0.1) is 5.41 Å². The predicted molar refractivity (Wildman–Crippen MR) is 157 cm³/mol. The maximum atomic E-state index is 13.1. The summed E-state index contributed by atoms with van der Waals surface area (Å²) in [6.07, 6.45) is 1.93. The third kappa shape index (κ3) is 10.5. The number of amides is 3. The first kappa shape index (κ1) is 35.6. The van der Waals surface area contributed by atoms with E-state index < -0.39 is 41.7 Å². The van der Waals surface area contributed by atoms with Gasteiger partial charge in [0, 0.05) is 6.54 Å². The molecular weight excluding hydrogens is 576 g/mol. The summed E-state index contributed by atoms with van der Waals surface area (Å²) in [6.45, 7) is 0.557. The lowest BCUT2D eigenvalue weighted by Gasteiger charge is -2.25. The maximum absolute atomic E-state index is 13.1. The standard InChI is InChI=1S/C28H34FN5O5.2ClH/c29-24(31)17-32-15-7-6-14-23(34-26(36)20-11-4-5-12-21(20)27(34)37)25(35)33-16-8-13-22(30)28(38)39-18-19-9-2-1-3-10-19;;/h1-5,9-12,22-23,31-32H,6-8,13-18,30H2,(H,33,35);2*1H. The van der Waals surface area contributed by atoms with E-state index in [1.165, 1.54) is 0 Å². The molecule has 1 heterocycles. The molecule has 10 nitrogen and oxygen atoms in total. The molecule has 2 aromatic rings. The first-order chi connectivity index (χ1) is 18.8. The van der Waals surface area contributed by atoms with E-state index in [-0.39, 0.29) is 68.5 Å². The van der Waals surface area contributed by atoms with Crippen LogP contribution in [0.25, 0.3) is 0 Å². The lowest BCUT2D eigenvalue weighted by atomic mass is 10.1. The van der Waals surface area contributed by atoms with Crippen LogP contribution in [0.1, 0.15) is 58.4 Å². The zero-order valence-electron chi connectivity index (χ0n) is 22.5. The molecule has 0 aliphatic carbocycles. The average Bonchev–Trinajstić information content (AvgIpc) is 3.19. The summed E-state index contributed by atoms with van der Waals surface area (Å²) in [5.74, 6) is -3.04. The van der Waals surface area contributed by atoms with Crippen LogP contribution in [0.2, 0.25) is 0 Å². The summed E-state index contributed by atoms with van der Waals surface area (Å²) in [5, 5.41) is 12.3. The van der Waals surface area contributed by atoms with Crippen molar-refractivity contribution in [2.24, 2.45) is 5.73 Å². The molecular formula is C28H36Cl2FN5O5. The molecule has 1 aliphatic heterocycles. The highest BCUT2D eigenvalue weighted by molar-refractivity contribution is 6.22. The van der Waals surface area contributed by atoms with Crippen molar-refractivity contribution >= 4 is 54.5 Å². The molecule has 0 radical (unpaired) electrons. The maximum Gasteiger partial charge on any atom is 0.323 e. The molecule has 13 heteroatoms. The van der Waals surface area contributed by atoms with Gasteiger partial charge in [-0.15, -0.1) is 24.8 Å². The summed E-state index contributed by atoms with van der Waals surface area (Å²) < 4.78 is 17.8. The van der Waals surface area contributed by atoms with Crippen LogP contribution < -0.4 is 16.4 Å². The van der Waals surface area contributed by atoms with Gasteiger partial charge in [0.15, 0.2) is 5.97 Å². The molecule has 0 aromatic heterocycles. The number of ether oxygens (including phenoxy) is 1. The van der Waals surface area contributed by atoms with Crippen molar-refractivity contribution < 1.29 is 28.3 Å². The van der Waals surface area contributed by atoms with Crippen molar-refractivity contribution in [1.82, 2.24) is 15.5 Å². The van der Waals surface area contributed by atoms with Gasteiger partial charge < -0.3 is 21.1 Å². The van der Waals surface area contributed by atoms with Gasteiger partial charge in [-0.1, -0.05) is 42.5 Å². The molecule has 2 atom stereocenters. The van der Waals surface area contributed by atoms with Crippen LogP contribution in [0.15, 0.2) is 54.6 Å². The fourth-order valence-electron chi connectivity index (χ4n) is 4.26. The number of nitrogens with two attached hydrogens (primary N) is 1. The van der Waals surface area contributed by atoms with Gasteiger partial charge in [0.25, 0.3) is 11.8 Å². The number of benzene rings is 2. The molecule has 0 bridgehead atoms. The van der Waals surface area contributed by atoms with E-state index in [2.05, 4.69) is 10.6 Å². The number of rotatable bonds is 16. The Morgan fingerprint density at radius 3 is 2.12 bits per heavy atom. The fraction of sp³-hybridized carbons (Fsp3) is 0.393. The Morgan fingerprint density at radius 2 is 1.51 bits per heavy atom. The topological polar surface area (TPSA) is 155 Å². The van der Waals surface area contributed by atoms with Gasteiger partial charge in [-0.05, 0) is 56.3 Å². The zero-order chi connectivity index (χ0) is 28.2. The van der Waals surface area contributed by atoms with Gasteiger partial charge in [-0.3, -0.25) is 29.5 Å². The number of hydrogen-bond donors (Lipinski definition) is 4. The number of nitrogens with zero attached hydrogens (tertiary/aromatic N) is 1. The highest BCUT2D eigenvalue weighted by Crippen LogP contribution is 2.26. The van der Waals surface area contributed by atoms with E-state index in [0.717, 1.165) is 10.5 Å². The highest BCUT2D eigenvalue weighted by Gasteiger charge is 2.42. The van der Waals surface area contributed by atoms with Crippen molar-refractivity contribution in [3.63, 3.8) is 0 Å². The predicted octanol–water partition coefficient (Wildman–Crippen LogP) is 3.17. The van der Waals surface area contributed by atoms with Crippen molar-refractivity contribution in [3.05, 3.63) is 71.3 Å². The van der Waals surface area contributed by atoms with Crippen molar-refractivity contribution in [2.45, 2.75) is 50.8 Å². The van der Waals surface area contributed by atoms with Gasteiger partial charge in [-0.25, -0.2) is 0 Å². The van der Waals surface area contributed by atoms with Crippen LogP contribution in [0.5, 0.6) is 0 Å². The Hall–Kier alpha value is -3.38. The van der Waals surface area contributed by atoms with E-state index in [9.17, 15) is 23.6 Å². The number of fused-ring (bicyclic) bond motifs is 1. The number of nitrogens with one attached hydrogen (secondary N) is 3. The van der Waals surface area contributed by atoms with Crippen LogP contribution in [-0.2, 0) is 20.9 Å². The Bertz CT molecular complexity index is 1150. The monoisotopic (exact) mass is 611 g/mol. The molecule has 2 aromatic carbocycles. The molecule has 3 amide bonds. The lowest BCUT2D eigenvalue weighted by Crippen LogP contribution is -2.49. The highest BCUT2D eigenvalue weighted by atomic mass is 35.5. The first-order valence-corrected chi connectivity index (χ1v) is 12.9. The van der Waals surface area contributed by atoms with Crippen molar-refractivity contribution in [3.8, 4) is 0 Å². The third-order valence-electron chi connectivity index (χ3n) is 6.32.